The molecule has 4 nitrogen and oxygen atoms in total. The first-order valence-electron chi connectivity index (χ1n) is 2.74. The van der Waals surface area contributed by atoms with Gasteiger partial charge in [-0.3, -0.25) is 10.1 Å². The first-order valence-corrected chi connectivity index (χ1v) is 3.79. The number of carboxylic acid groups (broad SMARTS) is 1. The Morgan fingerprint density at radius 2 is 2.60 bits per heavy atom. The summed E-state index contributed by atoms with van der Waals surface area (Å²) in [7, 11) is 0. The fourth-order valence-electron chi connectivity index (χ4n) is 0.449. The predicted octanol–water partition coefficient (Wildman–Crippen LogP) is 0.137. The number of nitrogens with zero attached hydrogens (tertiary/aromatic N) is 1. The van der Waals surface area contributed by atoms with Crippen LogP contribution in [0.2, 0.25) is 0 Å². The lowest BCUT2D eigenvalue weighted by atomic mass is 10.4. The van der Waals surface area contributed by atoms with Gasteiger partial charge in [0.2, 0.25) is 0 Å². The molecule has 0 fully saturated rings. The van der Waals surface area contributed by atoms with E-state index in [4.69, 9.17) is 10.2 Å². The first-order chi connectivity index (χ1) is 4.72. The average Bonchev–Trinajstić information content (AvgIpc) is 1.87. The summed E-state index contributed by atoms with van der Waals surface area (Å²) < 4.78 is 0. The summed E-state index contributed by atoms with van der Waals surface area (Å²) in [4.78, 5) is 14.0. The Hall–Kier alpha value is -0.550. The average molecular weight is 162 g/mol. The van der Waals surface area contributed by atoms with E-state index >= 15 is 0 Å². The number of hydrogen-bond acceptors (Lipinski definition) is 4. The fourth-order valence-corrected chi connectivity index (χ4v) is 0.860. The van der Waals surface area contributed by atoms with Crippen molar-refractivity contribution in [3.05, 3.63) is 0 Å². The van der Waals surface area contributed by atoms with Crippen molar-refractivity contribution in [3.63, 3.8) is 0 Å². The number of nitrogens with two attached hydrogens (primary N) is 1. The van der Waals surface area contributed by atoms with Crippen LogP contribution in [0.15, 0.2) is 4.99 Å². The van der Waals surface area contributed by atoms with Gasteiger partial charge in [-0.25, -0.2) is 4.79 Å². The molecule has 5 heteroatoms. The van der Waals surface area contributed by atoms with E-state index in [0.717, 1.165) is 11.9 Å². The number of aliphatic imine (C=N–C) groups is 1. The van der Waals surface area contributed by atoms with Crippen LogP contribution >= 0.6 is 11.9 Å². The Balaban J connectivity index is 3.85. The molecule has 0 aromatic rings. The molecule has 0 rings (SSSR count). The number of hydrogen-bond donors (Lipinski definition) is 2. The van der Waals surface area contributed by atoms with Crippen molar-refractivity contribution in [3.8, 4) is 0 Å². The lowest BCUT2D eigenvalue weighted by Crippen LogP contribution is -2.21. The molecule has 0 saturated heterocycles. The van der Waals surface area contributed by atoms with Crippen LogP contribution in [-0.2, 0) is 4.79 Å². The summed E-state index contributed by atoms with van der Waals surface area (Å²) in [5, 5.41) is 13.5. The van der Waals surface area contributed by atoms with Gasteiger partial charge < -0.3 is 5.11 Å². The molecule has 58 valence electrons. The summed E-state index contributed by atoms with van der Waals surface area (Å²) in [5.74, 6) is -0.615. The van der Waals surface area contributed by atoms with E-state index in [0.29, 0.717) is 5.75 Å². The molecule has 1 atom stereocenters. The molecular formula is C5H10N2O2S. The fraction of sp³-hybridized carbons (Fsp3) is 0.600. The van der Waals surface area contributed by atoms with Gasteiger partial charge in [0.05, 0.1) is 0 Å². The highest BCUT2D eigenvalue weighted by molar-refractivity contribution is 7.97. The molecule has 0 aliphatic carbocycles. The predicted molar refractivity (Wildman–Crippen MR) is 42.2 cm³/mol. The molecule has 0 saturated carbocycles. The van der Waals surface area contributed by atoms with Gasteiger partial charge in [-0.1, -0.05) is 11.9 Å². The SMILES string of the molecule is CC=N[C@H](CSN)C(=O)O. The van der Waals surface area contributed by atoms with Gasteiger partial charge >= 0.3 is 5.97 Å². The normalized spacial score (nSPS) is 13.8. The van der Waals surface area contributed by atoms with Crippen LogP contribution in [0, 0.1) is 0 Å². The summed E-state index contributed by atoms with van der Waals surface area (Å²) in [6.07, 6.45) is 1.47. The standard InChI is InChI=1S/C5H10N2O2S/c1-2-7-4(3-10-6)5(8)9/h2,4H,3,6H2,1H3,(H,8,9)/t4-/m1/s1. The molecule has 0 aliphatic heterocycles. The smallest absolute Gasteiger partial charge is 0.329 e. The van der Waals surface area contributed by atoms with Crippen LogP contribution in [0.25, 0.3) is 0 Å². The lowest BCUT2D eigenvalue weighted by molar-refractivity contribution is -0.137. The molecule has 0 aliphatic rings. The number of carbonyl (C=O) groups is 1. The second-order valence-electron chi connectivity index (χ2n) is 1.59. The van der Waals surface area contributed by atoms with Gasteiger partial charge in [-0.05, 0) is 13.1 Å². The third kappa shape index (κ3) is 3.47. The van der Waals surface area contributed by atoms with Gasteiger partial charge in [-0.15, -0.1) is 0 Å². The quantitative estimate of drug-likeness (QED) is 0.455. The van der Waals surface area contributed by atoms with Crippen LogP contribution in [0.1, 0.15) is 6.92 Å². The molecule has 10 heavy (non-hydrogen) atoms. The van der Waals surface area contributed by atoms with E-state index < -0.39 is 12.0 Å². The Morgan fingerprint density at radius 1 is 2.00 bits per heavy atom. The Bertz CT molecular complexity index is 138. The minimum Gasteiger partial charge on any atom is -0.480 e. The minimum atomic E-state index is -0.934. The summed E-state index contributed by atoms with van der Waals surface area (Å²) >= 11 is 0.983. The van der Waals surface area contributed by atoms with Crippen LogP contribution in [0.4, 0.5) is 0 Å². The van der Waals surface area contributed by atoms with Crippen molar-refractivity contribution in [2.45, 2.75) is 13.0 Å². The van der Waals surface area contributed by atoms with E-state index in [9.17, 15) is 4.79 Å². The summed E-state index contributed by atoms with van der Waals surface area (Å²) in [6, 6.07) is -0.694. The van der Waals surface area contributed by atoms with E-state index in [1.807, 2.05) is 0 Å². The molecule has 3 N–H and O–H groups in total. The second kappa shape index (κ2) is 5.25. The van der Waals surface area contributed by atoms with E-state index in [-0.39, 0.29) is 0 Å². The topological polar surface area (TPSA) is 75.7 Å². The van der Waals surface area contributed by atoms with Gasteiger partial charge in [0.25, 0.3) is 0 Å². The Morgan fingerprint density at radius 3 is 2.90 bits per heavy atom. The van der Waals surface area contributed by atoms with Crippen molar-refractivity contribution >= 4 is 24.1 Å². The third-order valence-electron chi connectivity index (χ3n) is 0.868. The van der Waals surface area contributed by atoms with Crippen molar-refractivity contribution in [1.29, 1.82) is 0 Å². The maximum Gasteiger partial charge on any atom is 0.329 e. The Labute approximate surface area is 63.6 Å². The molecule has 0 aromatic carbocycles. The maximum atomic E-state index is 10.3. The van der Waals surface area contributed by atoms with Crippen LogP contribution in [0.5, 0.6) is 0 Å². The monoisotopic (exact) mass is 162 g/mol. The molecule has 0 unspecified atom stereocenters. The largest absolute Gasteiger partial charge is 0.480 e. The molecule has 0 aromatic heterocycles. The van der Waals surface area contributed by atoms with Gasteiger partial charge in [0, 0.05) is 5.75 Å². The van der Waals surface area contributed by atoms with E-state index in [1.165, 1.54) is 6.21 Å². The summed E-state index contributed by atoms with van der Waals surface area (Å²) in [6.45, 7) is 1.68. The van der Waals surface area contributed by atoms with Gasteiger partial charge in [0.15, 0.2) is 6.04 Å². The van der Waals surface area contributed by atoms with Gasteiger partial charge in [0.1, 0.15) is 0 Å². The molecule has 0 bridgehead atoms. The molecule has 0 amide bonds. The van der Waals surface area contributed by atoms with Crippen molar-refractivity contribution < 1.29 is 9.90 Å². The van der Waals surface area contributed by atoms with Gasteiger partial charge in [-0.2, -0.15) is 0 Å². The number of aliphatic carboxylic acids is 1. The second-order valence-corrected chi connectivity index (χ2v) is 2.26. The highest BCUT2D eigenvalue weighted by Gasteiger charge is 2.13. The molecule has 0 radical (unpaired) electrons. The summed E-state index contributed by atoms with van der Waals surface area (Å²) in [5.41, 5.74) is 0. The van der Waals surface area contributed by atoms with Crippen LogP contribution in [0.3, 0.4) is 0 Å². The first kappa shape index (κ1) is 9.45. The molecular weight excluding hydrogens is 152 g/mol. The van der Waals surface area contributed by atoms with Crippen molar-refractivity contribution in [2.24, 2.45) is 10.1 Å². The molecule has 0 spiro atoms. The van der Waals surface area contributed by atoms with E-state index in [1.54, 1.807) is 6.92 Å². The zero-order chi connectivity index (χ0) is 7.98. The highest BCUT2D eigenvalue weighted by Crippen LogP contribution is 1.97. The third-order valence-corrected chi connectivity index (χ3v) is 1.38. The number of carboxylic acids is 1. The highest BCUT2D eigenvalue weighted by atomic mass is 32.2. The lowest BCUT2D eigenvalue weighted by Gasteiger charge is -2.02. The van der Waals surface area contributed by atoms with Crippen molar-refractivity contribution in [2.75, 3.05) is 5.75 Å². The number of rotatable bonds is 4. The van der Waals surface area contributed by atoms with Crippen molar-refractivity contribution in [1.82, 2.24) is 0 Å². The van der Waals surface area contributed by atoms with Crippen LogP contribution in [-0.4, -0.2) is 29.1 Å². The molecule has 0 heterocycles. The zero-order valence-corrected chi connectivity index (χ0v) is 6.47. The minimum absolute atomic E-state index is 0.319. The zero-order valence-electron chi connectivity index (χ0n) is 5.65. The van der Waals surface area contributed by atoms with Crippen LogP contribution < -0.4 is 5.14 Å². The van der Waals surface area contributed by atoms with E-state index in [2.05, 4.69) is 4.99 Å². The maximum absolute atomic E-state index is 10.3. The Kier molecular flexibility index (Phi) is 4.96.